The number of carboxylic acids is 1. The lowest BCUT2D eigenvalue weighted by Gasteiger charge is -2.23. The zero-order valence-electron chi connectivity index (χ0n) is 10.3. The van der Waals surface area contributed by atoms with Gasteiger partial charge in [0, 0.05) is 4.47 Å². The van der Waals surface area contributed by atoms with E-state index < -0.39 is 5.97 Å². The van der Waals surface area contributed by atoms with E-state index >= 15 is 0 Å². The Morgan fingerprint density at radius 1 is 1.39 bits per heavy atom. The van der Waals surface area contributed by atoms with Crippen molar-refractivity contribution in [1.82, 2.24) is 4.90 Å². The largest absolute Gasteiger partial charge is 0.480 e. The number of benzene rings is 1. The Balaban J connectivity index is 1.95. The number of nitrogens with zero attached hydrogens (tertiary/aromatic N) is 1. The molecule has 1 unspecified atom stereocenters. The third kappa shape index (κ3) is 3.56. The van der Waals surface area contributed by atoms with Crippen LogP contribution in [0, 0.1) is 0 Å². The number of hydrogen-bond donors (Lipinski definition) is 1. The molecule has 1 fully saturated rings. The van der Waals surface area contributed by atoms with Crippen LogP contribution >= 0.6 is 15.9 Å². The van der Waals surface area contributed by atoms with Gasteiger partial charge in [0.05, 0.1) is 0 Å². The molecule has 1 saturated heterocycles. The number of aliphatic carboxylic acids is 1. The second-order valence-corrected chi connectivity index (χ2v) is 5.68. The topological polar surface area (TPSA) is 40.5 Å². The van der Waals surface area contributed by atoms with Crippen LogP contribution in [0.5, 0.6) is 0 Å². The third-order valence-corrected chi connectivity index (χ3v) is 3.96. The van der Waals surface area contributed by atoms with Crippen LogP contribution in [0.4, 0.5) is 0 Å². The van der Waals surface area contributed by atoms with Crippen LogP contribution in [0.2, 0.25) is 0 Å². The van der Waals surface area contributed by atoms with Gasteiger partial charge >= 0.3 is 5.97 Å². The molecular weight excluding hydrogens is 294 g/mol. The lowest BCUT2D eigenvalue weighted by atomic mass is 10.0. The van der Waals surface area contributed by atoms with Crippen molar-refractivity contribution in [3.63, 3.8) is 0 Å². The molecule has 4 heteroatoms. The maximum absolute atomic E-state index is 11.3. The molecule has 1 heterocycles. The smallest absolute Gasteiger partial charge is 0.320 e. The van der Waals surface area contributed by atoms with Crippen LogP contribution in [-0.4, -0.2) is 35.1 Å². The molecular formula is C14H18BrNO2. The Morgan fingerprint density at radius 3 is 2.72 bits per heavy atom. The van der Waals surface area contributed by atoms with Crippen molar-refractivity contribution < 1.29 is 9.90 Å². The summed E-state index contributed by atoms with van der Waals surface area (Å²) < 4.78 is 1.05. The van der Waals surface area contributed by atoms with Gasteiger partial charge in [-0.15, -0.1) is 0 Å². The van der Waals surface area contributed by atoms with Crippen LogP contribution in [-0.2, 0) is 11.2 Å². The van der Waals surface area contributed by atoms with Crippen LogP contribution in [0.3, 0.4) is 0 Å². The molecule has 1 aliphatic rings. The zero-order chi connectivity index (χ0) is 13.0. The fraction of sp³-hybridized carbons (Fsp3) is 0.500. The van der Waals surface area contributed by atoms with Crippen molar-refractivity contribution in [2.45, 2.75) is 31.7 Å². The summed E-state index contributed by atoms with van der Waals surface area (Å²) in [6.45, 7) is 1.85. The van der Waals surface area contributed by atoms with Gasteiger partial charge in [-0.25, -0.2) is 0 Å². The Kier molecular flexibility index (Phi) is 4.78. The van der Waals surface area contributed by atoms with Gasteiger partial charge < -0.3 is 5.11 Å². The summed E-state index contributed by atoms with van der Waals surface area (Å²) in [5, 5.41) is 9.32. The van der Waals surface area contributed by atoms with Gasteiger partial charge in [0.2, 0.25) is 0 Å². The van der Waals surface area contributed by atoms with Gasteiger partial charge in [-0.05, 0) is 56.5 Å². The normalized spacial score (nSPS) is 17.8. The summed E-state index contributed by atoms with van der Waals surface area (Å²) in [6, 6.07) is 7.76. The molecule has 1 aromatic carbocycles. The van der Waals surface area contributed by atoms with Crippen molar-refractivity contribution in [1.29, 1.82) is 0 Å². The first-order valence-corrected chi connectivity index (χ1v) is 7.17. The summed E-state index contributed by atoms with van der Waals surface area (Å²) in [6.07, 6.45) is 3.75. The minimum atomic E-state index is -0.688. The molecule has 0 amide bonds. The lowest BCUT2D eigenvalue weighted by molar-refractivity contribution is -0.143. The molecule has 0 aromatic heterocycles. The highest BCUT2D eigenvalue weighted by molar-refractivity contribution is 9.10. The average Bonchev–Trinajstić information content (AvgIpc) is 2.82. The number of hydrogen-bond acceptors (Lipinski definition) is 2. The number of likely N-dealkylation sites (tertiary alicyclic amines) is 1. The van der Waals surface area contributed by atoms with Crippen LogP contribution in [0.15, 0.2) is 28.7 Å². The Labute approximate surface area is 116 Å². The molecule has 3 nitrogen and oxygen atoms in total. The van der Waals surface area contributed by atoms with Crippen molar-refractivity contribution in [3.05, 3.63) is 34.3 Å². The van der Waals surface area contributed by atoms with E-state index in [2.05, 4.69) is 26.9 Å². The number of carboxylic acid groups (broad SMARTS) is 1. The monoisotopic (exact) mass is 311 g/mol. The molecule has 1 aromatic rings. The van der Waals surface area contributed by atoms with Gasteiger partial charge in [-0.3, -0.25) is 9.69 Å². The average molecular weight is 312 g/mol. The molecule has 1 aliphatic heterocycles. The summed E-state index contributed by atoms with van der Waals surface area (Å²) in [5.41, 5.74) is 1.19. The van der Waals surface area contributed by atoms with Gasteiger partial charge in [0.25, 0.3) is 0 Å². The first-order valence-electron chi connectivity index (χ1n) is 6.38. The molecule has 18 heavy (non-hydrogen) atoms. The minimum absolute atomic E-state index is 0.327. The van der Waals surface area contributed by atoms with E-state index in [1.54, 1.807) is 0 Å². The number of carbonyl (C=O) groups is 1. The van der Waals surface area contributed by atoms with E-state index in [1.165, 1.54) is 5.56 Å². The fourth-order valence-corrected chi connectivity index (χ4v) is 2.96. The quantitative estimate of drug-likeness (QED) is 0.909. The minimum Gasteiger partial charge on any atom is -0.480 e. The summed E-state index contributed by atoms with van der Waals surface area (Å²) >= 11 is 3.44. The first kappa shape index (κ1) is 13.6. The summed E-state index contributed by atoms with van der Waals surface area (Å²) in [7, 11) is 0. The van der Waals surface area contributed by atoms with E-state index in [-0.39, 0.29) is 6.04 Å². The van der Waals surface area contributed by atoms with Gasteiger partial charge in [-0.2, -0.15) is 0 Å². The molecule has 2 rings (SSSR count). The van der Waals surface area contributed by atoms with Crippen molar-refractivity contribution in [2.75, 3.05) is 13.1 Å². The predicted molar refractivity (Wildman–Crippen MR) is 74.7 cm³/mol. The van der Waals surface area contributed by atoms with E-state index in [1.807, 2.05) is 18.2 Å². The van der Waals surface area contributed by atoms with Crippen molar-refractivity contribution in [3.8, 4) is 0 Å². The van der Waals surface area contributed by atoms with Crippen molar-refractivity contribution >= 4 is 21.9 Å². The highest BCUT2D eigenvalue weighted by atomic mass is 79.9. The highest BCUT2D eigenvalue weighted by Gasteiger charge is 2.27. The SMILES string of the molecule is O=C(O)C(CCc1cccc(Br)c1)N1CCCC1. The summed E-state index contributed by atoms with van der Waals surface area (Å²) in [5.74, 6) is -0.688. The van der Waals surface area contributed by atoms with Gasteiger partial charge in [0.1, 0.15) is 6.04 Å². The first-order chi connectivity index (χ1) is 8.66. The number of aryl methyl sites for hydroxylation is 1. The zero-order valence-corrected chi connectivity index (χ0v) is 11.9. The van der Waals surface area contributed by atoms with Crippen LogP contribution < -0.4 is 0 Å². The molecule has 0 saturated carbocycles. The standard InChI is InChI=1S/C14H18BrNO2/c15-12-5-3-4-11(10-12)6-7-13(14(17)18)16-8-1-2-9-16/h3-5,10,13H,1-2,6-9H2,(H,17,18). The van der Waals surface area contributed by atoms with E-state index in [0.29, 0.717) is 6.42 Å². The molecule has 0 bridgehead atoms. The van der Waals surface area contributed by atoms with E-state index in [0.717, 1.165) is 36.8 Å². The summed E-state index contributed by atoms with van der Waals surface area (Å²) in [4.78, 5) is 13.4. The van der Waals surface area contributed by atoms with Crippen LogP contribution in [0.25, 0.3) is 0 Å². The highest BCUT2D eigenvalue weighted by Crippen LogP contribution is 2.18. The predicted octanol–water partition coefficient (Wildman–Crippen LogP) is 2.93. The molecule has 0 radical (unpaired) electrons. The number of rotatable bonds is 5. The van der Waals surface area contributed by atoms with Gasteiger partial charge in [0.15, 0.2) is 0 Å². The molecule has 98 valence electrons. The van der Waals surface area contributed by atoms with Crippen molar-refractivity contribution in [2.24, 2.45) is 0 Å². The second-order valence-electron chi connectivity index (χ2n) is 4.77. The Bertz CT molecular complexity index is 416. The Morgan fingerprint density at radius 2 is 2.11 bits per heavy atom. The third-order valence-electron chi connectivity index (χ3n) is 3.46. The Hall–Kier alpha value is -0.870. The second kappa shape index (κ2) is 6.34. The molecule has 0 spiro atoms. The van der Waals surface area contributed by atoms with Crippen LogP contribution in [0.1, 0.15) is 24.8 Å². The maximum Gasteiger partial charge on any atom is 0.320 e. The van der Waals surface area contributed by atoms with Gasteiger partial charge in [-0.1, -0.05) is 28.1 Å². The fourth-order valence-electron chi connectivity index (χ4n) is 2.51. The molecule has 0 aliphatic carbocycles. The number of halogens is 1. The van der Waals surface area contributed by atoms with E-state index in [9.17, 15) is 9.90 Å². The molecule has 1 atom stereocenters. The molecule has 1 N–H and O–H groups in total. The lowest BCUT2D eigenvalue weighted by Crippen LogP contribution is -2.39. The van der Waals surface area contributed by atoms with E-state index in [4.69, 9.17) is 0 Å². The maximum atomic E-state index is 11.3.